The first-order valence-corrected chi connectivity index (χ1v) is 8.56. The molecule has 2 aromatic rings. The molecule has 0 aromatic carbocycles. The maximum Gasteiger partial charge on any atom is 0.234 e. The third-order valence-corrected chi connectivity index (χ3v) is 5.25. The predicted molar refractivity (Wildman–Crippen MR) is 82.7 cm³/mol. The van der Waals surface area contributed by atoms with Crippen LogP contribution in [0.15, 0.2) is 22.2 Å². The zero-order valence-corrected chi connectivity index (χ0v) is 12.8. The lowest BCUT2D eigenvalue weighted by atomic mass is 10.0. The number of aromatic nitrogens is 1. The van der Waals surface area contributed by atoms with Gasteiger partial charge in [-0.2, -0.15) is 11.3 Å². The Kier molecular flexibility index (Phi) is 4.14. The highest BCUT2D eigenvalue weighted by Gasteiger charge is 2.27. The Hall–Kier alpha value is -1.24. The van der Waals surface area contributed by atoms with Crippen LogP contribution in [0.4, 0.5) is 0 Å². The van der Waals surface area contributed by atoms with Crippen LogP contribution in [0.3, 0.4) is 0 Å². The molecule has 1 aliphatic rings. The molecule has 1 saturated heterocycles. The van der Waals surface area contributed by atoms with Gasteiger partial charge in [-0.05, 0) is 30.8 Å². The summed E-state index contributed by atoms with van der Waals surface area (Å²) in [5, 5.41) is 7.30. The van der Waals surface area contributed by atoms with Crippen molar-refractivity contribution in [3.63, 3.8) is 0 Å². The fourth-order valence-corrected chi connectivity index (χ4v) is 4.13. The number of nitrogens with zero attached hydrogens (tertiary/aromatic N) is 2. The number of likely N-dealkylation sites (tertiary alicyclic amines) is 1. The van der Waals surface area contributed by atoms with E-state index in [2.05, 4.69) is 32.1 Å². The lowest BCUT2D eigenvalue weighted by Crippen LogP contribution is -2.47. The summed E-state index contributed by atoms with van der Waals surface area (Å²) >= 11 is 3.34. The third kappa shape index (κ3) is 2.92. The second kappa shape index (κ2) is 6.03. The molecular formula is C14H17N3OS2. The van der Waals surface area contributed by atoms with Crippen molar-refractivity contribution in [3.05, 3.63) is 27.9 Å². The van der Waals surface area contributed by atoms with Crippen molar-refractivity contribution in [1.82, 2.24) is 9.88 Å². The van der Waals surface area contributed by atoms with Gasteiger partial charge < -0.3 is 5.73 Å². The molecule has 1 atom stereocenters. The second-order valence-electron chi connectivity index (χ2n) is 5.04. The molecule has 106 valence electrons. The molecule has 0 saturated carbocycles. The maximum atomic E-state index is 11.5. The molecule has 4 nitrogen and oxygen atoms in total. The summed E-state index contributed by atoms with van der Waals surface area (Å²) in [6, 6.07) is 1.95. The number of carbonyl (C=O) groups excluding carboxylic acids is 1. The van der Waals surface area contributed by atoms with Crippen molar-refractivity contribution in [2.24, 2.45) is 5.73 Å². The molecule has 1 aliphatic heterocycles. The van der Waals surface area contributed by atoms with Gasteiger partial charge in [-0.1, -0.05) is 6.42 Å². The Bertz CT molecular complexity index is 579. The summed E-state index contributed by atoms with van der Waals surface area (Å²) < 4.78 is 0. The fourth-order valence-electron chi connectivity index (χ4n) is 2.61. The molecule has 2 aromatic heterocycles. The molecule has 0 unspecified atom stereocenters. The molecule has 0 aliphatic carbocycles. The standard InChI is InChI=1S/C14H17N3OS2/c15-13(18)12-3-1-2-5-17(12)7-11-9-20-14(16-11)10-4-6-19-8-10/h4,6,8-9,12H,1-3,5,7H2,(H2,15,18)/t12-/m0/s1. The molecule has 20 heavy (non-hydrogen) atoms. The number of thiophene rings is 1. The Morgan fingerprint density at radius 1 is 1.45 bits per heavy atom. The maximum absolute atomic E-state index is 11.5. The molecule has 1 amide bonds. The van der Waals surface area contributed by atoms with Crippen molar-refractivity contribution in [3.8, 4) is 10.6 Å². The van der Waals surface area contributed by atoms with E-state index < -0.39 is 0 Å². The quantitative estimate of drug-likeness (QED) is 0.945. The average Bonchev–Trinajstić information content (AvgIpc) is 3.09. The van der Waals surface area contributed by atoms with E-state index in [0.717, 1.165) is 36.5 Å². The first-order valence-electron chi connectivity index (χ1n) is 6.74. The summed E-state index contributed by atoms with van der Waals surface area (Å²) in [7, 11) is 0. The van der Waals surface area contributed by atoms with E-state index in [1.54, 1.807) is 22.7 Å². The van der Waals surface area contributed by atoms with E-state index in [1.165, 1.54) is 5.56 Å². The van der Waals surface area contributed by atoms with Crippen LogP contribution < -0.4 is 5.73 Å². The molecule has 1 fully saturated rings. The predicted octanol–water partition coefficient (Wildman–Crippen LogP) is 2.71. The summed E-state index contributed by atoms with van der Waals surface area (Å²) in [6.07, 6.45) is 3.09. The Morgan fingerprint density at radius 3 is 3.10 bits per heavy atom. The van der Waals surface area contributed by atoms with Gasteiger partial charge in [-0.25, -0.2) is 4.98 Å². The van der Waals surface area contributed by atoms with Gasteiger partial charge in [0, 0.05) is 22.9 Å². The van der Waals surface area contributed by atoms with Crippen molar-refractivity contribution in [1.29, 1.82) is 0 Å². The fraction of sp³-hybridized carbons (Fsp3) is 0.429. The number of piperidine rings is 1. The number of thiazole rings is 1. The number of carbonyl (C=O) groups is 1. The highest BCUT2D eigenvalue weighted by atomic mass is 32.1. The summed E-state index contributed by atoms with van der Waals surface area (Å²) in [5.74, 6) is -0.210. The van der Waals surface area contributed by atoms with Gasteiger partial charge >= 0.3 is 0 Å². The monoisotopic (exact) mass is 307 g/mol. The largest absolute Gasteiger partial charge is 0.368 e. The van der Waals surface area contributed by atoms with Crippen LogP contribution in [0.5, 0.6) is 0 Å². The Balaban J connectivity index is 1.72. The number of hydrogen-bond donors (Lipinski definition) is 1. The minimum Gasteiger partial charge on any atom is -0.368 e. The molecule has 0 radical (unpaired) electrons. The van der Waals surface area contributed by atoms with Gasteiger partial charge in [0.2, 0.25) is 5.91 Å². The SMILES string of the molecule is NC(=O)[C@@H]1CCCCN1Cc1csc(-c2ccsc2)n1. The van der Waals surface area contributed by atoms with Crippen LogP contribution in [0, 0.1) is 0 Å². The zero-order chi connectivity index (χ0) is 13.9. The van der Waals surface area contributed by atoms with Crippen molar-refractivity contribution < 1.29 is 4.79 Å². The lowest BCUT2D eigenvalue weighted by Gasteiger charge is -2.32. The van der Waals surface area contributed by atoms with Gasteiger partial charge in [0.15, 0.2) is 0 Å². The van der Waals surface area contributed by atoms with Gasteiger partial charge in [0.05, 0.1) is 11.7 Å². The van der Waals surface area contributed by atoms with Crippen molar-refractivity contribution in [2.45, 2.75) is 31.8 Å². The zero-order valence-electron chi connectivity index (χ0n) is 11.1. The molecule has 6 heteroatoms. The smallest absolute Gasteiger partial charge is 0.234 e. The van der Waals surface area contributed by atoms with Crippen LogP contribution in [0.25, 0.3) is 10.6 Å². The molecule has 0 bridgehead atoms. The van der Waals surface area contributed by atoms with Gasteiger partial charge in [-0.15, -0.1) is 11.3 Å². The minimum atomic E-state index is -0.210. The van der Waals surface area contributed by atoms with Gasteiger partial charge in [0.1, 0.15) is 5.01 Å². The normalized spacial score (nSPS) is 20.1. The average molecular weight is 307 g/mol. The first kappa shape index (κ1) is 13.7. The minimum absolute atomic E-state index is 0.130. The molecule has 0 spiro atoms. The Morgan fingerprint density at radius 2 is 2.35 bits per heavy atom. The van der Waals surface area contributed by atoms with Crippen LogP contribution in [0.2, 0.25) is 0 Å². The Labute approximate surface area is 126 Å². The molecule has 3 heterocycles. The van der Waals surface area contributed by atoms with Gasteiger partial charge in [0.25, 0.3) is 0 Å². The van der Waals surface area contributed by atoms with E-state index >= 15 is 0 Å². The topological polar surface area (TPSA) is 59.2 Å². The molecule has 3 rings (SSSR count). The highest BCUT2D eigenvalue weighted by Crippen LogP contribution is 2.27. The number of rotatable bonds is 4. The van der Waals surface area contributed by atoms with Crippen LogP contribution >= 0.6 is 22.7 Å². The highest BCUT2D eigenvalue weighted by molar-refractivity contribution is 7.14. The third-order valence-electron chi connectivity index (χ3n) is 3.63. The van der Waals surface area contributed by atoms with Crippen LogP contribution in [-0.2, 0) is 11.3 Å². The van der Waals surface area contributed by atoms with Crippen molar-refractivity contribution in [2.75, 3.05) is 6.54 Å². The molecular weight excluding hydrogens is 290 g/mol. The van der Waals surface area contributed by atoms with Crippen molar-refractivity contribution >= 4 is 28.6 Å². The second-order valence-corrected chi connectivity index (χ2v) is 6.68. The van der Waals surface area contributed by atoms with Gasteiger partial charge in [-0.3, -0.25) is 9.69 Å². The lowest BCUT2D eigenvalue weighted by molar-refractivity contribution is -0.124. The van der Waals surface area contributed by atoms with E-state index in [1.807, 2.05) is 0 Å². The van der Waals surface area contributed by atoms with Crippen LogP contribution in [-0.4, -0.2) is 28.4 Å². The number of primary amides is 1. The first-order chi connectivity index (χ1) is 9.74. The van der Waals surface area contributed by atoms with E-state index in [-0.39, 0.29) is 11.9 Å². The van der Waals surface area contributed by atoms with E-state index in [9.17, 15) is 4.79 Å². The van der Waals surface area contributed by atoms with E-state index in [0.29, 0.717) is 6.54 Å². The number of amides is 1. The van der Waals surface area contributed by atoms with E-state index in [4.69, 9.17) is 5.73 Å². The summed E-state index contributed by atoms with van der Waals surface area (Å²) in [4.78, 5) is 18.3. The summed E-state index contributed by atoms with van der Waals surface area (Å²) in [6.45, 7) is 1.65. The van der Waals surface area contributed by atoms with Crippen LogP contribution in [0.1, 0.15) is 25.0 Å². The number of nitrogens with two attached hydrogens (primary N) is 1. The number of hydrogen-bond acceptors (Lipinski definition) is 5. The summed E-state index contributed by atoms with van der Waals surface area (Å²) in [5.41, 5.74) is 7.71. The molecule has 2 N–H and O–H groups in total.